The summed E-state index contributed by atoms with van der Waals surface area (Å²) in [4.78, 5) is 0. The lowest BCUT2D eigenvalue weighted by atomic mass is 9.90. The molecule has 0 aliphatic heterocycles. The maximum Gasteiger partial charge on any atom is -0.0234 e. The van der Waals surface area contributed by atoms with Gasteiger partial charge in [-0.3, -0.25) is 0 Å². The van der Waals surface area contributed by atoms with E-state index in [1.165, 1.54) is 38.5 Å². The van der Waals surface area contributed by atoms with Gasteiger partial charge in [0.2, 0.25) is 0 Å². The quantitative estimate of drug-likeness (QED) is 0.373. The summed E-state index contributed by atoms with van der Waals surface area (Å²) in [5.41, 5.74) is 0. The molecule has 2 atom stereocenters. The van der Waals surface area contributed by atoms with Crippen LogP contribution in [-0.4, -0.2) is 0 Å². The van der Waals surface area contributed by atoms with Crippen LogP contribution >= 0.6 is 0 Å². The van der Waals surface area contributed by atoms with E-state index in [1.807, 2.05) is 0 Å². The predicted octanol–water partition coefficient (Wildman–Crippen LogP) is 4.81. The Balaban J connectivity index is 3.56. The highest BCUT2D eigenvalue weighted by Crippen LogP contribution is 2.21. The van der Waals surface area contributed by atoms with Gasteiger partial charge >= 0.3 is 0 Å². The lowest BCUT2D eigenvalue weighted by molar-refractivity contribution is 0.406. The zero-order valence-electron chi connectivity index (χ0n) is 9.68. The van der Waals surface area contributed by atoms with Crippen molar-refractivity contribution in [2.24, 2.45) is 11.8 Å². The first-order valence-electron chi connectivity index (χ1n) is 5.87. The van der Waals surface area contributed by atoms with E-state index in [1.54, 1.807) is 0 Å². The van der Waals surface area contributed by atoms with Crippen molar-refractivity contribution in [1.82, 2.24) is 0 Å². The molecule has 0 bridgehead atoms. The van der Waals surface area contributed by atoms with E-state index in [0.717, 1.165) is 11.8 Å². The molecule has 0 fully saturated rings. The monoisotopic (exact) mass is 182 g/mol. The average Bonchev–Trinajstić information content (AvgIpc) is 2.16. The van der Waals surface area contributed by atoms with Crippen molar-refractivity contribution in [3.05, 3.63) is 12.7 Å². The summed E-state index contributed by atoms with van der Waals surface area (Å²) in [5, 5.41) is 0. The van der Waals surface area contributed by atoms with Crippen LogP contribution in [0.4, 0.5) is 0 Å². The van der Waals surface area contributed by atoms with Gasteiger partial charge in [0.15, 0.2) is 0 Å². The number of hydrogen-bond acceptors (Lipinski definition) is 0. The lowest BCUT2D eigenvalue weighted by Gasteiger charge is -2.16. The SMILES string of the molecule is C=CC(CCCCC)CC(C)CC. The predicted molar refractivity (Wildman–Crippen MR) is 61.9 cm³/mol. The summed E-state index contributed by atoms with van der Waals surface area (Å²) < 4.78 is 0. The Hall–Kier alpha value is -0.260. The molecular weight excluding hydrogens is 156 g/mol. The summed E-state index contributed by atoms with van der Waals surface area (Å²) >= 11 is 0. The summed E-state index contributed by atoms with van der Waals surface area (Å²) in [6, 6.07) is 0. The van der Waals surface area contributed by atoms with E-state index in [0.29, 0.717) is 0 Å². The molecule has 0 aromatic rings. The molecule has 0 saturated heterocycles. The van der Waals surface area contributed by atoms with E-state index < -0.39 is 0 Å². The Morgan fingerprint density at radius 3 is 2.38 bits per heavy atom. The Morgan fingerprint density at radius 1 is 1.23 bits per heavy atom. The lowest BCUT2D eigenvalue weighted by Crippen LogP contribution is -2.03. The second-order valence-corrected chi connectivity index (χ2v) is 4.24. The van der Waals surface area contributed by atoms with Crippen molar-refractivity contribution in [3.8, 4) is 0 Å². The molecule has 0 heterocycles. The molecule has 0 nitrogen and oxygen atoms in total. The number of rotatable bonds is 8. The van der Waals surface area contributed by atoms with Crippen molar-refractivity contribution >= 4 is 0 Å². The number of allylic oxidation sites excluding steroid dienone is 1. The van der Waals surface area contributed by atoms with Gasteiger partial charge in [0, 0.05) is 0 Å². The number of unbranched alkanes of at least 4 members (excludes halogenated alkanes) is 2. The van der Waals surface area contributed by atoms with Crippen LogP contribution in [0.25, 0.3) is 0 Å². The van der Waals surface area contributed by atoms with Gasteiger partial charge in [-0.25, -0.2) is 0 Å². The highest BCUT2D eigenvalue weighted by Gasteiger charge is 2.07. The molecule has 0 N–H and O–H groups in total. The maximum absolute atomic E-state index is 3.93. The minimum absolute atomic E-state index is 0.765. The molecule has 0 aliphatic carbocycles. The van der Waals surface area contributed by atoms with Gasteiger partial charge in [0.1, 0.15) is 0 Å². The minimum Gasteiger partial charge on any atom is -0.103 e. The topological polar surface area (TPSA) is 0 Å². The fourth-order valence-electron chi connectivity index (χ4n) is 1.67. The van der Waals surface area contributed by atoms with Crippen molar-refractivity contribution < 1.29 is 0 Å². The normalized spacial score (nSPS) is 15.3. The third-order valence-corrected chi connectivity index (χ3v) is 2.91. The molecule has 0 amide bonds. The summed E-state index contributed by atoms with van der Waals surface area (Å²) in [6.07, 6.45) is 10.2. The van der Waals surface area contributed by atoms with Gasteiger partial charge in [-0.1, -0.05) is 52.5 Å². The smallest absolute Gasteiger partial charge is 0.0234 e. The van der Waals surface area contributed by atoms with Gasteiger partial charge in [-0.05, 0) is 24.7 Å². The first-order valence-corrected chi connectivity index (χ1v) is 5.87. The molecule has 78 valence electrons. The molecule has 0 aromatic carbocycles. The second-order valence-electron chi connectivity index (χ2n) is 4.24. The fourth-order valence-corrected chi connectivity index (χ4v) is 1.67. The van der Waals surface area contributed by atoms with Crippen molar-refractivity contribution in [3.63, 3.8) is 0 Å². The zero-order chi connectivity index (χ0) is 10.1. The Labute approximate surface area is 84.4 Å². The van der Waals surface area contributed by atoms with Crippen LogP contribution in [0.5, 0.6) is 0 Å². The zero-order valence-corrected chi connectivity index (χ0v) is 9.68. The van der Waals surface area contributed by atoms with Crippen LogP contribution in [0, 0.1) is 11.8 Å². The summed E-state index contributed by atoms with van der Waals surface area (Å²) in [5.74, 6) is 1.63. The van der Waals surface area contributed by atoms with Crippen LogP contribution in [0.2, 0.25) is 0 Å². The van der Waals surface area contributed by atoms with Gasteiger partial charge in [-0.15, -0.1) is 6.58 Å². The molecule has 0 radical (unpaired) electrons. The van der Waals surface area contributed by atoms with Crippen molar-refractivity contribution in [2.75, 3.05) is 0 Å². The molecule has 0 spiro atoms. The highest BCUT2D eigenvalue weighted by molar-refractivity contribution is 4.80. The first kappa shape index (κ1) is 12.7. The van der Waals surface area contributed by atoms with Gasteiger partial charge in [0.25, 0.3) is 0 Å². The minimum atomic E-state index is 0.765. The van der Waals surface area contributed by atoms with Gasteiger partial charge in [0.05, 0.1) is 0 Å². The van der Waals surface area contributed by atoms with Gasteiger partial charge < -0.3 is 0 Å². The largest absolute Gasteiger partial charge is 0.103 e. The van der Waals surface area contributed by atoms with Gasteiger partial charge in [-0.2, -0.15) is 0 Å². The van der Waals surface area contributed by atoms with Crippen molar-refractivity contribution in [2.45, 2.75) is 59.3 Å². The standard InChI is InChI=1S/C13H26/c1-5-8-9-10-13(7-3)11-12(4)6-2/h7,12-13H,3,5-6,8-11H2,1-2,4H3. The Bertz CT molecular complexity index is 115. The second kappa shape index (κ2) is 8.34. The summed E-state index contributed by atoms with van der Waals surface area (Å²) in [7, 11) is 0. The molecule has 0 rings (SSSR count). The van der Waals surface area contributed by atoms with E-state index in [4.69, 9.17) is 0 Å². The number of hydrogen-bond donors (Lipinski definition) is 0. The van der Waals surface area contributed by atoms with Crippen LogP contribution < -0.4 is 0 Å². The molecule has 2 unspecified atom stereocenters. The molecule has 0 saturated carbocycles. The Morgan fingerprint density at radius 2 is 1.92 bits per heavy atom. The van der Waals surface area contributed by atoms with Crippen LogP contribution in [0.3, 0.4) is 0 Å². The molecular formula is C13H26. The van der Waals surface area contributed by atoms with E-state index in [-0.39, 0.29) is 0 Å². The van der Waals surface area contributed by atoms with Crippen molar-refractivity contribution in [1.29, 1.82) is 0 Å². The third kappa shape index (κ3) is 6.86. The van der Waals surface area contributed by atoms with E-state index in [9.17, 15) is 0 Å². The summed E-state index contributed by atoms with van der Waals surface area (Å²) in [6.45, 7) is 10.8. The Kier molecular flexibility index (Phi) is 8.18. The van der Waals surface area contributed by atoms with Crippen LogP contribution in [0.15, 0.2) is 12.7 Å². The van der Waals surface area contributed by atoms with Crippen LogP contribution in [0.1, 0.15) is 59.3 Å². The third-order valence-electron chi connectivity index (χ3n) is 2.91. The maximum atomic E-state index is 3.93. The van der Waals surface area contributed by atoms with E-state index >= 15 is 0 Å². The molecule has 0 aliphatic rings. The molecule has 13 heavy (non-hydrogen) atoms. The fraction of sp³-hybridized carbons (Fsp3) is 0.846. The molecule has 0 heteroatoms. The van der Waals surface area contributed by atoms with Crippen LogP contribution in [-0.2, 0) is 0 Å². The van der Waals surface area contributed by atoms with E-state index in [2.05, 4.69) is 33.4 Å². The first-order chi connectivity index (χ1) is 6.24. The average molecular weight is 182 g/mol. The highest BCUT2D eigenvalue weighted by atomic mass is 14.1. The molecule has 0 aromatic heterocycles.